The van der Waals surface area contributed by atoms with Crippen molar-refractivity contribution >= 4 is 17.9 Å². The number of esters is 3. The first-order valence-corrected chi connectivity index (χ1v) is 12.4. The van der Waals surface area contributed by atoms with Crippen LogP contribution in [-0.2, 0) is 61.8 Å². The van der Waals surface area contributed by atoms with Gasteiger partial charge in [0.2, 0.25) is 5.79 Å². The molecule has 4 rings (SSSR count). The maximum atomic E-state index is 11.8. The summed E-state index contributed by atoms with van der Waals surface area (Å²) in [7, 11) is 0. The van der Waals surface area contributed by atoms with Crippen LogP contribution in [0.3, 0.4) is 0 Å². The quantitative estimate of drug-likeness (QED) is 0.332. The van der Waals surface area contributed by atoms with Crippen molar-refractivity contribution in [3.05, 3.63) is 0 Å². The third kappa shape index (κ3) is 6.12. The normalized spacial score (nSPS) is 41.1. The van der Waals surface area contributed by atoms with E-state index in [1.807, 2.05) is 0 Å². The average molecular weight is 549 g/mol. The molecule has 14 heteroatoms. The van der Waals surface area contributed by atoms with Gasteiger partial charge in [-0.1, -0.05) is 0 Å². The molecule has 4 aliphatic rings. The van der Waals surface area contributed by atoms with Gasteiger partial charge in [0.25, 0.3) is 0 Å². The van der Waals surface area contributed by atoms with Crippen LogP contribution in [-0.4, -0.2) is 109 Å². The average Bonchev–Trinajstić information content (AvgIpc) is 3.25. The summed E-state index contributed by atoms with van der Waals surface area (Å²) in [5.74, 6) is -5.46. The molecule has 216 valence electrons. The molecule has 4 fully saturated rings. The van der Waals surface area contributed by atoms with E-state index in [0.717, 1.165) is 13.8 Å². The Hall–Kier alpha value is -1.91. The predicted octanol–water partition coefficient (Wildman–Crippen LogP) is -0.0866. The van der Waals surface area contributed by atoms with E-state index in [0.29, 0.717) is 0 Å². The maximum Gasteiger partial charge on any atom is 0.303 e. The highest BCUT2D eigenvalue weighted by atomic mass is 16.9. The second kappa shape index (κ2) is 10.6. The molecule has 0 bridgehead atoms. The fourth-order valence-corrected chi connectivity index (χ4v) is 5.17. The van der Waals surface area contributed by atoms with Crippen molar-refractivity contribution < 1.29 is 66.9 Å². The zero-order chi connectivity index (χ0) is 28.0. The van der Waals surface area contributed by atoms with Gasteiger partial charge in [-0.25, -0.2) is 0 Å². The van der Waals surface area contributed by atoms with Crippen LogP contribution in [0.25, 0.3) is 0 Å². The zero-order valence-electron chi connectivity index (χ0n) is 22.5. The fourth-order valence-electron chi connectivity index (χ4n) is 5.17. The summed E-state index contributed by atoms with van der Waals surface area (Å²) in [5.41, 5.74) is 0. The molecule has 0 unspecified atom stereocenters. The van der Waals surface area contributed by atoms with Crippen molar-refractivity contribution in [1.29, 1.82) is 0 Å². The fraction of sp³-hybridized carbons (Fsp3) is 0.875. The molecule has 4 heterocycles. The third-order valence-corrected chi connectivity index (χ3v) is 6.39. The molecule has 4 saturated heterocycles. The first kappa shape index (κ1) is 29.1. The standard InChI is InChI=1S/C24H36O14/c1-11(25)29-8-14-17(32-12(2)26)19(33-13(3)27)16(28)21(34-14)30-10-24-20(37-23(6,7)38-24)18-15(9-31-24)35-22(4,5)36-18/h14-21,28H,8-10H2,1-7H3/t14-,15-,16-,17-,18-,19-,20+,21+,24+/m1/s1. The highest BCUT2D eigenvalue weighted by Crippen LogP contribution is 2.48. The van der Waals surface area contributed by atoms with Gasteiger partial charge in [0.1, 0.15) is 43.7 Å². The van der Waals surface area contributed by atoms with Crippen LogP contribution in [0.1, 0.15) is 48.5 Å². The van der Waals surface area contributed by atoms with Crippen LogP contribution in [0.4, 0.5) is 0 Å². The minimum atomic E-state index is -1.59. The van der Waals surface area contributed by atoms with E-state index in [-0.39, 0.29) is 19.8 Å². The predicted molar refractivity (Wildman–Crippen MR) is 121 cm³/mol. The summed E-state index contributed by atoms with van der Waals surface area (Å²) in [4.78, 5) is 35.0. The Balaban J connectivity index is 1.55. The monoisotopic (exact) mass is 548 g/mol. The number of hydrogen-bond acceptors (Lipinski definition) is 14. The molecule has 1 N–H and O–H groups in total. The number of ether oxygens (including phenoxy) is 10. The largest absolute Gasteiger partial charge is 0.463 e. The smallest absolute Gasteiger partial charge is 0.303 e. The van der Waals surface area contributed by atoms with Crippen LogP contribution < -0.4 is 0 Å². The van der Waals surface area contributed by atoms with Gasteiger partial charge in [0, 0.05) is 20.8 Å². The molecule has 0 radical (unpaired) electrons. The third-order valence-electron chi connectivity index (χ3n) is 6.39. The Bertz CT molecular complexity index is 920. The second-order valence-corrected chi connectivity index (χ2v) is 10.6. The lowest BCUT2D eigenvalue weighted by molar-refractivity contribution is -0.346. The second-order valence-electron chi connectivity index (χ2n) is 10.6. The Morgan fingerprint density at radius 1 is 0.895 bits per heavy atom. The summed E-state index contributed by atoms with van der Waals surface area (Å²) < 4.78 is 57.8. The molecular weight excluding hydrogens is 512 g/mol. The van der Waals surface area contributed by atoms with Crippen molar-refractivity contribution in [1.82, 2.24) is 0 Å². The molecule has 0 amide bonds. The van der Waals surface area contributed by atoms with E-state index in [4.69, 9.17) is 47.4 Å². The molecule has 0 spiro atoms. The van der Waals surface area contributed by atoms with E-state index in [9.17, 15) is 19.5 Å². The number of rotatable bonds is 7. The summed E-state index contributed by atoms with van der Waals surface area (Å²) in [6, 6.07) is 0. The SMILES string of the molecule is CC(=O)OC[C@H]1O[C@H](OC[C@@]23OC[C@H]4OC(C)(C)O[C@H]4[C@@H]2OC(C)(C)O3)[C@H](O)[C@@H](OC(C)=O)[C@@H]1OC(C)=O. The molecule has 38 heavy (non-hydrogen) atoms. The lowest BCUT2D eigenvalue weighted by Gasteiger charge is -2.45. The van der Waals surface area contributed by atoms with Gasteiger partial charge in [0.05, 0.1) is 6.61 Å². The molecule has 14 nitrogen and oxygen atoms in total. The maximum absolute atomic E-state index is 11.8. The van der Waals surface area contributed by atoms with Gasteiger partial charge in [-0.2, -0.15) is 0 Å². The van der Waals surface area contributed by atoms with Crippen LogP contribution >= 0.6 is 0 Å². The number of aliphatic hydroxyl groups excluding tert-OH is 1. The van der Waals surface area contributed by atoms with E-state index in [1.165, 1.54) is 6.92 Å². The Kier molecular flexibility index (Phi) is 8.10. The molecule has 0 aromatic heterocycles. The number of carbonyl (C=O) groups excluding carboxylic acids is 3. The molecule has 0 aromatic rings. The minimum Gasteiger partial charge on any atom is -0.463 e. The van der Waals surface area contributed by atoms with Gasteiger partial charge < -0.3 is 52.5 Å². The molecule has 4 aliphatic heterocycles. The van der Waals surface area contributed by atoms with Crippen LogP contribution in [0.5, 0.6) is 0 Å². The summed E-state index contributed by atoms with van der Waals surface area (Å²) in [5, 5.41) is 11.1. The number of carbonyl (C=O) groups is 3. The topological polar surface area (TPSA) is 164 Å². The van der Waals surface area contributed by atoms with Crippen LogP contribution in [0.2, 0.25) is 0 Å². The Labute approximate surface area is 220 Å². The van der Waals surface area contributed by atoms with Gasteiger partial charge >= 0.3 is 17.9 Å². The summed E-state index contributed by atoms with van der Waals surface area (Å²) in [6.07, 6.45) is -8.49. The van der Waals surface area contributed by atoms with Crippen molar-refractivity contribution in [2.24, 2.45) is 0 Å². The van der Waals surface area contributed by atoms with Gasteiger partial charge in [-0.15, -0.1) is 0 Å². The number of aliphatic hydroxyl groups is 1. The number of fused-ring (bicyclic) bond motifs is 3. The highest BCUT2D eigenvalue weighted by Gasteiger charge is 2.66. The summed E-state index contributed by atoms with van der Waals surface area (Å²) >= 11 is 0. The Morgan fingerprint density at radius 3 is 2.18 bits per heavy atom. The van der Waals surface area contributed by atoms with E-state index >= 15 is 0 Å². The van der Waals surface area contributed by atoms with Crippen molar-refractivity contribution in [2.75, 3.05) is 19.8 Å². The van der Waals surface area contributed by atoms with Crippen molar-refractivity contribution in [3.8, 4) is 0 Å². The molecule has 0 aromatic carbocycles. The summed E-state index contributed by atoms with van der Waals surface area (Å²) in [6.45, 7) is 9.95. The van der Waals surface area contributed by atoms with Gasteiger partial charge in [-0.05, 0) is 27.7 Å². The highest BCUT2D eigenvalue weighted by molar-refractivity contribution is 5.67. The lowest BCUT2D eigenvalue weighted by atomic mass is 9.97. The van der Waals surface area contributed by atoms with Crippen LogP contribution in [0, 0.1) is 0 Å². The van der Waals surface area contributed by atoms with Crippen LogP contribution in [0.15, 0.2) is 0 Å². The van der Waals surface area contributed by atoms with Crippen molar-refractivity contribution in [3.63, 3.8) is 0 Å². The van der Waals surface area contributed by atoms with Crippen molar-refractivity contribution in [2.45, 2.75) is 115 Å². The van der Waals surface area contributed by atoms with Gasteiger partial charge in [0.15, 0.2) is 30.1 Å². The minimum absolute atomic E-state index is 0.126. The molecule has 0 saturated carbocycles. The van der Waals surface area contributed by atoms with Gasteiger partial charge in [-0.3, -0.25) is 14.4 Å². The first-order chi connectivity index (χ1) is 17.6. The Morgan fingerprint density at radius 2 is 1.55 bits per heavy atom. The van der Waals surface area contributed by atoms with E-state index < -0.39 is 84.3 Å². The zero-order valence-corrected chi connectivity index (χ0v) is 22.5. The first-order valence-electron chi connectivity index (χ1n) is 12.4. The van der Waals surface area contributed by atoms with E-state index in [2.05, 4.69) is 0 Å². The molecule has 9 atom stereocenters. The lowest BCUT2D eigenvalue weighted by Crippen LogP contribution is -2.64. The van der Waals surface area contributed by atoms with E-state index in [1.54, 1.807) is 27.7 Å². The molecule has 0 aliphatic carbocycles. The number of hydrogen-bond donors (Lipinski definition) is 1. The molecular formula is C24H36O14.